The van der Waals surface area contributed by atoms with Crippen LogP contribution in [-0.2, 0) is 9.53 Å². The summed E-state index contributed by atoms with van der Waals surface area (Å²) in [6, 6.07) is 11.8. The molecule has 0 spiro atoms. The Bertz CT molecular complexity index is 1090. The highest BCUT2D eigenvalue weighted by molar-refractivity contribution is 5.80. The molecular formula is C28H36N2O7. The van der Waals surface area contributed by atoms with Gasteiger partial charge in [0.1, 0.15) is 12.0 Å². The Morgan fingerprint density at radius 2 is 1.81 bits per heavy atom. The van der Waals surface area contributed by atoms with Crippen LogP contribution in [0.3, 0.4) is 0 Å². The summed E-state index contributed by atoms with van der Waals surface area (Å²) in [5, 5.41) is 10.5. The summed E-state index contributed by atoms with van der Waals surface area (Å²) in [4.78, 5) is 30.1. The highest BCUT2D eigenvalue weighted by Crippen LogP contribution is 2.48. The van der Waals surface area contributed by atoms with Gasteiger partial charge in [0.05, 0.1) is 19.1 Å². The lowest BCUT2D eigenvalue weighted by Crippen LogP contribution is -2.48. The molecule has 2 aromatic carbocycles. The van der Waals surface area contributed by atoms with E-state index in [0.29, 0.717) is 30.4 Å². The van der Waals surface area contributed by atoms with E-state index >= 15 is 0 Å². The normalized spacial score (nSPS) is 21.1. The summed E-state index contributed by atoms with van der Waals surface area (Å²) in [5.41, 5.74) is 1.53. The van der Waals surface area contributed by atoms with Crippen LogP contribution in [0.4, 0.5) is 4.79 Å². The molecule has 0 aromatic heterocycles. The first-order valence-corrected chi connectivity index (χ1v) is 12.8. The zero-order chi connectivity index (χ0) is 26.5. The van der Waals surface area contributed by atoms with Crippen molar-refractivity contribution in [3.05, 3.63) is 53.6 Å². The SMILES string of the molecule is CCCCOC(C)N(CC)C(=O)N1CC(c2ccc3c(c2)OCO3)C(C(=O)O)C1c1ccc(OC)cc1. The van der Waals surface area contributed by atoms with Crippen LogP contribution in [0.2, 0.25) is 0 Å². The summed E-state index contributed by atoms with van der Waals surface area (Å²) in [6.45, 7) is 7.21. The number of rotatable bonds is 10. The minimum Gasteiger partial charge on any atom is -0.497 e. The molecule has 0 saturated carbocycles. The average Bonchev–Trinajstić information content (AvgIpc) is 3.54. The number of likely N-dealkylation sites (tertiary alicyclic amines) is 1. The van der Waals surface area contributed by atoms with Crippen molar-refractivity contribution in [3.8, 4) is 17.2 Å². The smallest absolute Gasteiger partial charge is 0.322 e. The lowest BCUT2D eigenvalue weighted by Gasteiger charge is -2.35. The fraction of sp³-hybridized carbons (Fsp3) is 0.500. The third kappa shape index (κ3) is 5.46. The second kappa shape index (κ2) is 11.7. The van der Waals surface area contributed by atoms with Crippen LogP contribution in [-0.4, -0.2) is 66.7 Å². The number of methoxy groups -OCH3 is 1. The van der Waals surface area contributed by atoms with E-state index < -0.39 is 30.1 Å². The fourth-order valence-corrected chi connectivity index (χ4v) is 5.20. The Morgan fingerprint density at radius 1 is 1.11 bits per heavy atom. The Labute approximate surface area is 217 Å². The third-order valence-electron chi connectivity index (χ3n) is 7.20. The summed E-state index contributed by atoms with van der Waals surface area (Å²) < 4.78 is 22.2. The van der Waals surface area contributed by atoms with Crippen molar-refractivity contribution in [1.29, 1.82) is 0 Å². The molecule has 2 aliphatic heterocycles. The quantitative estimate of drug-likeness (QED) is 0.358. The van der Waals surface area contributed by atoms with E-state index in [2.05, 4.69) is 6.92 Å². The number of hydrogen-bond donors (Lipinski definition) is 1. The Kier molecular flexibility index (Phi) is 8.43. The fourth-order valence-electron chi connectivity index (χ4n) is 5.20. The van der Waals surface area contributed by atoms with E-state index in [4.69, 9.17) is 18.9 Å². The largest absolute Gasteiger partial charge is 0.497 e. The molecule has 2 aliphatic rings. The molecule has 1 N–H and O–H groups in total. The number of benzene rings is 2. The van der Waals surface area contributed by atoms with Crippen LogP contribution in [0.15, 0.2) is 42.5 Å². The molecular weight excluding hydrogens is 476 g/mol. The van der Waals surface area contributed by atoms with Crippen LogP contribution in [0.1, 0.15) is 56.7 Å². The zero-order valence-corrected chi connectivity index (χ0v) is 21.9. The molecule has 4 atom stereocenters. The number of amides is 2. The van der Waals surface area contributed by atoms with Crippen molar-refractivity contribution in [2.24, 2.45) is 5.92 Å². The number of aliphatic carboxylic acids is 1. The molecule has 2 aromatic rings. The van der Waals surface area contributed by atoms with Gasteiger partial charge < -0.3 is 29.0 Å². The standard InChI is InChI=1S/C28H36N2O7/c1-5-7-14-35-18(3)29(6-2)28(33)30-16-22(20-10-13-23-24(15-20)37-17-36-23)25(27(31)32)26(30)19-8-11-21(34-4)12-9-19/h8-13,15,18,22,25-26H,5-7,14,16-17H2,1-4H3,(H,31,32). The van der Waals surface area contributed by atoms with Gasteiger partial charge in [-0.3, -0.25) is 9.69 Å². The second-order valence-electron chi connectivity index (χ2n) is 9.35. The van der Waals surface area contributed by atoms with Gasteiger partial charge in [0.2, 0.25) is 6.79 Å². The summed E-state index contributed by atoms with van der Waals surface area (Å²) >= 11 is 0. The van der Waals surface area contributed by atoms with Crippen molar-refractivity contribution in [2.75, 3.05) is 33.6 Å². The van der Waals surface area contributed by atoms with E-state index in [1.807, 2.05) is 38.1 Å². The third-order valence-corrected chi connectivity index (χ3v) is 7.20. The van der Waals surface area contributed by atoms with Gasteiger partial charge in [-0.25, -0.2) is 4.79 Å². The number of carbonyl (C=O) groups is 2. The van der Waals surface area contributed by atoms with Gasteiger partial charge in [0.25, 0.3) is 0 Å². The van der Waals surface area contributed by atoms with Crippen LogP contribution in [0.25, 0.3) is 0 Å². The summed E-state index contributed by atoms with van der Waals surface area (Å²) in [7, 11) is 1.58. The second-order valence-corrected chi connectivity index (χ2v) is 9.35. The molecule has 9 nitrogen and oxygen atoms in total. The number of nitrogens with zero attached hydrogens (tertiary/aromatic N) is 2. The highest BCUT2D eigenvalue weighted by atomic mass is 16.7. The van der Waals surface area contributed by atoms with Crippen molar-refractivity contribution >= 4 is 12.0 Å². The molecule has 0 aliphatic carbocycles. The molecule has 0 bridgehead atoms. The van der Waals surface area contributed by atoms with E-state index in [1.165, 1.54) is 0 Å². The van der Waals surface area contributed by atoms with Gasteiger partial charge in [-0.05, 0) is 55.7 Å². The van der Waals surface area contributed by atoms with E-state index in [9.17, 15) is 14.7 Å². The van der Waals surface area contributed by atoms with Gasteiger partial charge in [0, 0.05) is 25.6 Å². The topological polar surface area (TPSA) is 97.8 Å². The molecule has 0 radical (unpaired) electrons. The first-order chi connectivity index (χ1) is 17.9. The first-order valence-electron chi connectivity index (χ1n) is 12.8. The lowest BCUT2D eigenvalue weighted by atomic mass is 9.83. The minimum absolute atomic E-state index is 0.131. The Balaban J connectivity index is 1.72. The minimum atomic E-state index is -0.964. The van der Waals surface area contributed by atoms with Gasteiger partial charge >= 0.3 is 12.0 Å². The number of carboxylic acid groups (broad SMARTS) is 1. The lowest BCUT2D eigenvalue weighted by molar-refractivity contribution is -0.143. The number of fused-ring (bicyclic) bond motifs is 1. The molecule has 1 fully saturated rings. The number of carboxylic acids is 1. The molecule has 1 saturated heterocycles. The van der Waals surface area contributed by atoms with Crippen LogP contribution < -0.4 is 14.2 Å². The van der Waals surface area contributed by atoms with Crippen LogP contribution in [0, 0.1) is 5.92 Å². The van der Waals surface area contributed by atoms with Crippen LogP contribution >= 0.6 is 0 Å². The van der Waals surface area contributed by atoms with E-state index in [-0.39, 0.29) is 19.4 Å². The Hall–Kier alpha value is -3.46. The van der Waals surface area contributed by atoms with Crippen LogP contribution in [0.5, 0.6) is 17.2 Å². The molecule has 9 heteroatoms. The number of carbonyl (C=O) groups excluding carboxylic acids is 1. The molecule has 4 rings (SSSR count). The van der Waals surface area contributed by atoms with Crippen molar-refractivity contribution in [1.82, 2.24) is 9.80 Å². The van der Waals surface area contributed by atoms with Gasteiger partial charge in [-0.15, -0.1) is 0 Å². The average molecular weight is 513 g/mol. The van der Waals surface area contributed by atoms with Crippen molar-refractivity contribution in [2.45, 2.75) is 51.8 Å². The van der Waals surface area contributed by atoms with E-state index in [0.717, 1.165) is 24.0 Å². The van der Waals surface area contributed by atoms with Gasteiger partial charge in [-0.2, -0.15) is 0 Å². The molecule has 2 amide bonds. The maximum atomic E-state index is 14.0. The molecule has 2 heterocycles. The monoisotopic (exact) mass is 512 g/mol. The van der Waals surface area contributed by atoms with Crippen molar-refractivity contribution in [3.63, 3.8) is 0 Å². The van der Waals surface area contributed by atoms with Gasteiger partial charge in [0.15, 0.2) is 11.5 Å². The summed E-state index contributed by atoms with van der Waals surface area (Å²) in [5.74, 6) is -0.407. The number of hydrogen-bond acceptors (Lipinski definition) is 6. The number of ether oxygens (including phenoxy) is 4. The maximum absolute atomic E-state index is 14.0. The predicted molar refractivity (Wildman–Crippen MR) is 137 cm³/mol. The number of urea groups is 1. The zero-order valence-electron chi connectivity index (χ0n) is 21.9. The molecule has 4 unspecified atom stereocenters. The molecule has 37 heavy (non-hydrogen) atoms. The summed E-state index contributed by atoms with van der Waals surface area (Å²) in [6.07, 6.45) is 1.46. The maximum Gasteiger partial charge on any atom is 0.322 e. The predicted octanol–water partition coefficient (Wildman–Crippen LogP) is 4.87. The first kappa shape index (κ1) is 26.6. The highest BCUT2D eigenvalue weighted by Gasteiger charge is 2.50. The van der Waals surface area contributed by atoms with Gasteiger partial charge in [-0.1, -0.05) is 31.5 Å². The Morgan fingerprint density at radius 3 is 2.46 bits per heavy atom. The number of unbranched alkanes of at least 4 members (excludes halogenated alkanes) is 1. The molecule has 200 valence electrons. The van der Waals surface area contributed by atoms with Crippen molar-refractivity contribution < 1.29 is 33.6 Å². The van der Waals surface area contributed by atoms with E-state index in [1.54, 1.807) is 35.1 Å².